The van der Waals surface area contributed by atoms with Crippen LogP contribution < -0.4 is 0 Å². The molecule has 1 aromatic rings. The lowest BCUT2D eigenvalue weighted by Crippen LogP contribution is -1.73. The van der Waals surface area contributed by atoms with E-state index in [1.165, 1.54) is 12.0 Å². The minimum atomic E-state index is 1.10. The predicted octanol–water partition coefficient (Wildman–Crippen LogP) is 2.03. The minimum absolute atomic E-state index is 1.10. The molecule has 0 N–H and O–H groups in total. The number of furan rings is 1. The van der Waals surface area contributed by atoms with E-state index in [1.807, 2.05) is 6.07 Å². The third kappa shape index (κ3) is 1.12. The fourth-order valence-electron chi connectivity index (χ4n) is 0.673. The van der Waals surface area contributed by atoms with E-state index in [9.17, 15) is 0 Å². The molecule has 0 fully saturated rings. The highest BCUT2D eigenvalue weighted by atomic mass is 16.3. The van der Waals surface area contributed by atoms with Crippen molar-refractivity contribution in [1.29, 1.82) is 0 Å². The Balaban J connectivity index is 2.50. The molecule has 0 aliphatic rings. The SMILES string of the molecule is CCCc1c[c]oc1. The lowest BCUT2D eigenvalue weighted by atomic mass is 10.2. The van der Waals surface area contributed by atoms with Gasteiger partial charge >= 0.3 is 0 Å². The lowest BCUT2D eigenvalue weighted by Gasteiger charge is -1.84. The van der Waals surface area contributed by atoms with E-state index in [0.717, 1.165) is 6.42 Å². The van der Waals surface area contributed by atoms with Gasteiger partial charge in [-0.1, -0.05) is 13.3 Å². The Hall–Kier alpha value is -0.720. The van der Waals surface area contributed by atoms with Gasteiger partial charge in [-0.25, -0.2) is 0 Å². The molecular weight excluding hydrogens is 100 g/mol. The maximum absolute atomic E-state index is 4.74. The number of hydrogen-bond donors (Lipinski definition) is 0. The molecule has 0 aliphatic carbocycles. The second-order valence-corrected chi connectivity index (χ2v) is 1.82. The fourth-order valence-corrected chi connectivity index (χ4v) is 0.673. The molecule has 0 atom stereocenters. The van der Waals surface area contributed by atoms with Gasteiger partial charge in [0.15, 0.2) is 6.26 Å². The highest BCUT2D eigenvalue weighted by Crippen LogP contribution is 2.01. The molecule has 0 unspecified atom stereocenters. The van der Waals surface area contributed by atoms with Gasteiger partial charge < -0.3 is 4.42 Å². The zero-order chi connectivity index (χ0) is 5.82. The molecule has 0 bridgehead atoms. The highest BCUT2D eigenvalue weighted by Gasteiger charge is 1.88. The van der Waals surface area contributed by atoms with Crippen LogP contribution in [-0.2, 0) is 6.42 Å². The van der Waals surface area contributed by atoms with Gasteiger partial charge in [0.1, 0.15) is 0 Å². The zero-order valence-corrected chi connectivity index (χ0v) is 4.98. The van der Waals surface area contributed by atoms with Crippen LogP contribution in [0.1, 0.15) is 18.9 Å². The molecule has 1 rings (SSSR count). The summed E-state index contributed by atoms with van der Waals surface area (Å²) in [7, 11) is 0. The normalized spacial score (nSPS) is 9.62. The first-order chi connectivity index (χ1) is 3.93. The van der Waals surface area contributed by atoms with E-state index >= 15 is 0 Å². The van der Waals surface area contributed by atoms with Crippen molar-refractivity contribution < 1.29 is 4.42 Å². The van der Waals surface area contributed by atoms with Gasteiger partial charge in [-0.15, -0.1) is 0 Å². The molecule has 1 radical (unpaired) electrons. The van der Waals surface area contributed by atoms with Crippen molar-refractivity contribution in [2.75, 3.05) is 0 Å². The topological polar surface area (TPSA) is 13.1 Å². The van der Waals surface area contributed by atoms with Gasteiger partial charge in [0.05, 0.1) is 6.26 Å². The summed E-state index contributed by atoms with van der Waals surface area (Å²) in [6.45, 7) is 2.15. The summed E-state index contributed by atoms with van der Waals surface area (Å²) >= 11 is 0. The van der Waals surface area contributed by atoms with E-state index in [2.05, 4.69) is 13.2 Å². The van der Waals surface area contributed by atoms with Gasteiger partial charge in [0.25, 0.3) is 0 Å². The minimum Gasteiger partial charge on any atom is -0.461 e. The third-order valence-electron chi connectivity index (χ3n) is 1.06. The number of hydrogen-bond acceptors (Lipinski definition) is 1. The Morgan fingerprint density at radius 2 is 2.62 bits per heavy atom. The van der Waals surface area contributed by atoms with Crippen LogP contribution in [0.3, 0.4) is 0 Å². The molecule has 0 saturated heterocycles. The monoisotopic (exact) mass is 109 g/mol. The Labute approximate surface area is 49.3 Å². The second-order valence-electron chi connectivity index (χ2n) is 1.82. The van der Waals surface area contributed by atoms with Crippen molar-refractivity contribution in [2.24, 2.45) is 0 Å². The Morgan fingerprint density at radius 3 is 3.12 bits per heavy atom. The molecule has 0 saturated carbocycles. The van der Waals surface area contributed by atoms with Gasteiger partial charge in [0, 0.05) is 0 Å². The van der Waals surface area contributed by atoms with E-state index in [4.69, 9.17) is 4.42 Å². The Morgan fingerprint density at radius 1 is 1.75 bits per heavy atom. The summed E-state index contributed by atoms with van der Waals surface area (Å²) in [6, 6.07) is 1.88. The van der Waals surface area contributed by atoms with Crippen molar-refractivity contribution in [3.05, 3.63) is 24.2 Å². The summed E-state index contributed by atoms with van der Waals surface area (Å²) in [5, 5.41) is 0. The lowest BCUT2D eigenvalue weighted by molar-refractivity contribution is 0.554. The van der Waals surface area contributed by atoms with Crippen LogP contribution in [0.4, 0.5) is 0 Å². The van der Waals surface area contributed by atoms with Gasteiger partial charge in [-0.05, 0) is 18.1 Å². The van der Waals surface area contributed by atoms with Crippen molar-refractivity contribution in [3.8, 4) is 0 Å². The van der Waals surface area contributed by atoms with Crippen LogP contribution >= 0.6 is 0 Å². The van der Waals surface area contributed by atoms with Crippen LogP contribution in [0.25, 0.3) is 0 Å². The quantitative estimate of drug-likeness (QED) is 0.566. The molecule has 1 heteroatoms. The Bertz CT molecular complexity index is 130. The second kappa shape index (κ2) is 2.55. The number of rotatable bonds is 2. The van der Waals surface area contributed by atoms with Crippen LogP contribution in [0.2, 0.25) is 0 Å². The molecule has 0 aliphatic heterocycles. The van der Waals surface area contributed by atoms with Crippen LogP contribution in [0, 0.1) is 6.26 Å². The molecule has 0 spiro atoms. The molecule has 1 nitrogen and oxygen atoms in total. The highest BCUT2D eigenvalue weighted by molar-refractivity contribution is 5.03. The van der Waals surface area contributed by atoms with Crippen LogP contribution in [0.15, 0.2) is 16.7 Å². The standard InChI is InChI=1S/C7H9O/c1-2-3-7-4-5-8-6-7/h4,6H,2-3H2,1H3. The van der Waals surface area contributed by atoms with Crippen molar-refractivity contribution in [2.45, 2.75) is 19.8 Å². The van der Waals surface area contributed by atoms with Crippen molar-refractivity contribution in [3.63, 3.8) is 0 Å². The van der Waals surface area contributed by atoms with Crippen molar-refractivity contribution >= 4 is 0 Å². The maximum Gasteiger partial charge on any atom is 0.169 e. The predicted molar refractivity (Wildman–Crippen MR) is 31.5 cm³/mol. The van der Waals surface area contributed by atoms with E-state index in [1.54, 1.807) is 6.26 Å². The summed E-state index contributed by atoms with van der Waals surface area (Å²) < 4.78 is 4.74. The molecule has 8 heavy (non-hydrogen) atoms. The molecule has 43 valence electrons. The van der Waals surface area contributed by atoms with Crippen LogP contribution in [-0.4, -0.2) is 0 Å². The Kier molecular flexibility index (Phi) is 1.73. The fraction of sp³-hybridized carbons (Fsp3) is 0.429. The summed E-state index contributed by atoms with van der Waals surface area (Å²) in [5.41, 5.74) is 1.24. The van der Waals surface area contributed by atoms with E-state index in [0.29, 0.717) is 0 Å². The van der Waals surface area contributed by atoms with Crippen LogP contribution in [0.5, 0.6) is 0 Å². The molecule has 1 heterocycles. The first-order valence-electron chi connectivity index (χ1n) is 2.87. The average Bonchev–Trinajstić information content (AvgIpc) is 2.19. The summed E-state index contributed by atoms with van der Waals surface area (Å²) in [4.78, 5) is 0. The van der Waals surface area contributed by atoms with Gasteiger partial charge in [-0.3, -0.25) is 0 Å². The first kappa shape index (κ1) is 5.42. The van der Waals surface area contributed by atoms with Gasteiger partial charge in [0.2, 0.25) is 0 Å². The van der Waals surface area contributed by atoms with E-state index in [-0.39, 0.29) is 0 Å². The van der Waals surface area contributed by atoms with Crippen molar-refractivity contribution in [1.82, 2.24) is 0 Å². The molecular formula is C7H9O. The third-order valence-corrected chi connectivity index (χ3v) is 1.06. The largest absolute Gasteiger partial charge is 0.461 e. The van der Waals surface area contributed by atoms with E-state index < -0.39 is 0 Å². The molecule has 0 amide bonds. The molecule has 0 aromatic carbocycles. The molecule has 1 aromatic heterocycles. The maximum atomic E-state index is 4.74. The van der Waals surface area contributed by atoms with Gasteiger partial charge in [-0.2, -0.15) is 0 Å². The zero-order valence-electron chi connectivity index (χ0n) is 4.98. The first-order valence-corrected chi connectivity index (χ1v) is 2.87. The summed E-state index contributed by atoms with van der Waals surface area (Å²) in [5.74, 6) is 0. The summed E-state index contributed by atoms with van der Waals surface area (Å²) in [6.07, 6.45) is 6.66. The average molecular weight is 109 g/mol. The smallest absolute Gasteiger partial charge is 0.169 e. The number of aryl methyl sites for hydroxylation is 1.